The van der Waals surface area contributed by atoms with Gasteiger partial charge in [-0.25, -0.2) is 9.97 Å². The number of alkyl halides is 3. The van der Waals surface area contributed by atoms with Crippen molar-refractivity contribution in [3.05, 3.63) is 41.4 Å². The number of anilines is 2. The zero-order valence-electron chi connectivity index (χ0n) is 8.74. The molecule has 0 saturated carbocycles. The lowest BCUT2D eigenvalue weighted by molar-refractivity contribution is -0.137. The lowest BCUT2D eigenvalue weighted by Gasteiger charge is -2.07. The second-order valence-corrected chi connectivity index (χ2v) is 3.67. The summed E-state index contributed by atoms with van der Waals surface area (Å²) in [4.78, 5) is 11.3. The number of hydrogen-bond acceptors (Lipinski definition) is 4. The van der Waals surface area contributed by atoms with Crippen molar-refractivity contribution in [1.29, 1.82) is 0 Å². The number of nitrogens with zero attached hydrogens (tertiary/aromatic N) is 3. The molecule has 0 aromatic carbocycles. The largest absolute Gasteiger partial charge is 0.417 e. The predicted octanol–water partition coefficient (Wildman–Crippen LogP) is 3.29. The third-order valence-electron chi connectivity index (χ3n) is 1.95. The lowest BCUT2D eigenvalue weighted by atomic mass is 10.3. The summed E-state index contributed by atoms with van der Waals surface area (Å²) in [5, 5.41) is 2.86. The van der Waals surface area contributed by atoms with Gasteiger partial charge in [0.25, 0.3) is 0 Å². The van der Waals surface area contributed by atoms with Crippen LogP contribution in [-0.2, 0) is 6.18 Å². The fraction of sp³-hybridized carbons (Fsp3) is 0.100. The molecule has 18 heavy (non-hydrogen) atoms. The quantitative estimate of drug-likeness (QED) is 0.913. The minimum atomic E-state index is -4.40. The fourth-order valence-corrected chi connectivity index (χ4v) is 1.32. The van der Waals surface area contributed by atoms with E-state index in [4.69, 9.17) is 11.6 Å². The first-order chi connectivity index (χ1) is 8.45. The average Bonchev–Trinajstić information content (AvgIpc) is 2.28. The molecule has 0 aliphatic heterocycles. The Kier molecular flexibility index (Phi) is 3.33. The zero-order valence-corrected chi connectivity index (χ0v) is 9.50. The van der Waals surface area contributed by atoms with Gasteiger partial charge in [-0.2, -0.15) is 13.2 Å². The molecular weight excluding hydrogens is 269 g/mol. The summed E-state index contributed by atoms with van der Waals surface area (Å²) in [7, 11) is 0. The maximum absolute atomic E-state index is 12.3. The van der Waals surface area contributed by atoms with Crippen LogP contribution in [0.5, 0.6) is 0 Å². The van der Waals surface area contributed by atoms with E-state index < -0.39 is 11.7 Å². The molecule has 2 aromatic rings. The summed E-state index contributed by atoms with van der Waals surface area (Å²) in [6, 6.07) is 2.12. The second kappa shape index (κ2) is 4.77. The first-order valence-corrected chi connectivity index (χ1v) is 5.11. The predicted molar refractivity (Wildman–Crippen MR) is 59.6 cm³/mol. The van der Waals surface area contributed by atoms with Gasteiger partial charge >= 0.3 is 6.18 Å². The molecule has 2 rings (SSSR count). The third-order valence-corrected chi connectivity index (χ3v) is 2.13. The SMILES string of the molecule is FC(F)(F)c1ccc(Nc2cncc(Cl)n2)nc1. The topological polar surface area (TPSA) is 50.7 Å². The summed E-state index contributed by atoms with van der Waals surface area (Å²) in [6.07, 6.45) is -0.945. The van der Waals surface area contributed by atoms with Gasteiger partial charge in [-0.1, -0.05) is 11.6 Å². The summed E-state index contributed by atoms with van der Waals surface area (Å²) in [5.74, 6) is 0.523. The summed E-state index contributed by atoms with van der Waals surface area (Å²) >= 11 is 5.61. The minimum Gasteiger partial charge on any atom is -0.324 e. The van der Waals surface area contributed by atoms with Crippen molar-refractivity contribution in [2.45, 2.75) is 6.18 Å². The molecule has 0 bridgehead atoms. The highest BCUT2D eigenvalue weighted by molar-refractivity contribution is 6.29. The Morgan fingerprint density at radius 1 is 1.06 bits per heavy atom. The first kappa shape index (κ1) is 12.6. The molecule has 0 fully saturated rings. The maximum Gasteiger partial charge on any atom is 0.417 e. The Balaban J connectivity index is 2.16. The highest BCUT2D eigenvalue weighted by atomic mass is 35.5. The molecular formula is C10H6ClF3N4. The molecule has 0 unspecified atom stereocenters. The lowest BCUT2D eigenvalue weighted by Crippen LogP contribution is -2.06. The molecule has 2 heterocycles. The third kappa shape index (κ3) is 3.07. The fourth-order valence-electron chi connectivity index (χ4n) is 1.17. The van der Waals surface area contributed by atoms with Gasteiger partial charge in [0, 0.05) is 6.20 Å². The molecule has 0 atom stereocenters. The molecule has 0 amide bonds. The van der Waals surface area contributed by atoms with Crippen LogP contribution < -0.4 is 5.32 Å². The van der Waals surface area contributed by atoms with Crippen molar-refractivity contribution in [2.75, 3.05) is 5.32 Å². The van der Waals surface area contributed by atoms with Crippen LogP contribution in [0.4, 0.5) is 24.8 Å². The van der Waals surface area contributed by atoms with Crippen molar-refractivity contribution >= 4 is 23.2 Å². The maximum atomic E-state index is 12.3. The van der Waals surface area contributed by atoms with Crippen LogP contribution >= 0.6 is 11.6 Å². The molecule has 94 valence electrons. The molecule has 0 aliphatic rings. The highest BCUT2D eigenvalue weighted by Crippen LogP contribution is 2.29. The van der Waals surface area contributed by atoms with Crippen molar-refractivity contribution < 1.29 is 13.2 Å². The Bertz CT molecular complexity index is 542. The van der Waals surface area contributed by atoms with Gasteiger partial charge < -0.3 is 5.32 Å². The van der Waals surface area contributed by atoms with Crippen LogP contribution in [0.1, 0.15) is 5.56 Å². The summed E-state index contributed by atoms with van der Waals surface area (Å²) in [6.45, 7) is 0. The Labute approximate surface area is 105 Å². The van der Waals surface area contributed by atoms with E-state index in [1.165, 1.54) is 18.5 Å². The van der Waals surface area contributed by atoms with Gasteiger partial charge in [-0.3, -0.25) is 4.98 Å². The van der Waals surface area contributed by atoms with Gasteiger partial charge in [0.05, 0.1) is 18.0 Å². The highest BCUT2D eigenvalue weighted by Gasteiger charge is 2.30. The summed E-state index contributed by atoms with van der Waals surface area (Å²) in [5.41, 5.74) is -0.815. The number of rotatable bonds is 2. The van der Waals surface area contributed by atoms with E-state index in [2.05, 4.69) is 20.3 Å². The van der Waals surface area contributed by atoms with E-state index in [-0.39, 0.29) is 11.0 Å². The number of pyridine rings is 1. The van der Waals surface area contributed by atoms with E-state index in [1.54, 1.807) is 0 Å². The van der Waals surface area contributed by atoms with Crippen LogP contribution in [0, 0.1) is 0 Å². The standard InChI is InChI=1S/C10H6ClF3N4/c11-7-4-15-5-9(17-7)18-8-2-1-6(3-16-8)10(12,13)14/h1-5H,(H,16,17,18). The van der Waals surface area contributed by atoms with Crippen LogP contribution in [0.2, 0.25) is 5.15 Å². The molecule has 0 radical (unpaired) electrons. The minimum absolute atomic E-state index is 0.173. The van der Waals surface area contributed by atoms with Gasteiger partial charge in [0.15, 0.2) is 5.82 Å². The van der Waals surface area contributed by atoms with Gasteiger partial charge in [0.1, 0.15) is 11.0 Å². The normalized spacial score (nSPS) is 11.3. The van der Waals surface area contributed by atoms with E-state index in [1.807, 2.05) is 0 Å². The Morgan fingerprint density at radius 3 is 2.39 bits per heavy atom. The van der Waals surface area contributed by atoms with E-state index in [0.717, 1.165) is 12.3 Å². The number of nitrogens with one attached hydrogen (secondary N) is 1. The van der Waals surface area contributed by atoms with Crippen molar-refractivity contribution in [2.24, 2.45) is 0 Å². The monoisotopic (exact) mass is 274 g/mol. The van der Waals surface area contributed by atoms with Crippen molar-refractivity contribution in [1.82, 2.24) is 15.0 Å². The van der Waals surface area contributed by atoms with Crippen molar-refractivity contribution in [3.63, 3.8) is 0 Å². The van der Waals surface area contributed by atoms with Crippen LogP contribution in [0.3, 0.4) is 0 Å². The van der Waals surface area contributed by atoms with Crippen LogP contribution in [0.15, 0.2) is 30.7 Å². The molecule has 1 N–H and O–H groups in total. The molecule has 8 heteroatoms. The van der Waals surface area contributed by atoms with E-state index in [0.29, 0.717) is 5.82 Å². The zero-order chi connectivity index (χ0) is 13.2. The first-order valence-electron chi connectivity index (χ1n) is 4.73. The van der Waals surface area contributed by atoms with Crippen LogP contribution in [0.25, 0.3) is 0 Å². The number of hydrogen-bond donors (Lipinski definition) is 1. The van der Waals surface area contributed by atoms with Gasteiger partial charge in [0.2, 0.25) is 0 Å². The second-order valence-electron chi connectivity index (χ2n) is 3.28. The average molecular weight is 275 g/mol. The van der Waals surface area contributed by atoms with E-state index in [9.17, 15) is 13.2 Å². The van der Waals surface area contributed by atoms with Gasteiger partial charge in [-0.05, 0) is 12.1 Å². The van der Waals surface area contributed by atoms with Crippen molar-refractivity contribution in [3.8, 4) is 0 Å². The van der Waals surface area contributed by atoms with E-state index >= 15 is 0 Å². The summed E-state index contributed by atoms with van der Waals surface area (Å²) < 4.78 is 36.9. The number of halogens is 4. The molecule has 4 nitrogen and oxygen atoms in total. The smallest absolute Gasteiger partial charge is 0.324 e. The number of aromatic nitrogens is 3. The van der Waals surface area contributed by atoms with Gasteiger partial charge in [-0.15, -0.1) is 0 Å². The Hall–Kier alpha value is -1.89. The molecule has 0 saturated heterocycles. The van der Waals surface area contributed by atoms with Crippen LogP contribution in [-0.4, -0.2) is 15.0 Å². The molecule has 2 aromatic heterocycles. The molecule has 0 spiro atoms. The Morgan fingerprint density at radius 2 is 1.83 bits per heavy atom. The molecule has 0 aliphatic carbocycles.